The smallest absolute Gasteiger partial charge is 0.263 e. The van der Waals surface area contributed by atoms with Gasteiger partial charge in [0.05, 0.1) is 17.7 Å². The summed E-state index contributed by atoms with van der Waals surface area (Å²) in [7, 11) is 1.48. The van der Waals surface area contributed by atoms with Crippen LogP contribution in [0.4, 0.5) is 5.69 Å². The number of thiocarbonyl (C=S) groups is 1. The van der Waals surface area contributed by atoms with Crippen molar-refractivity contribution in [1.29, 1.82) is 0 Å². The second-order valence-electron chi connectivity index (χ2n) is 4.65. The molecule has 0 bridgehead atoms. The van der Waals surface area contributed by atoms with Gasteiger partial charge in [0.25, 0.3) is 5.91 Å². The van der Waals surface area contributed by atoms with Crippen molar-refractivity contribution in [3.05, 3.63) is 35.2 Å². The number of hydrogen-bond donors (Lipinski definition) is 2. The van der Waals surface area contributed by atoms with Gasteiger partial charge in [-0.05, 0) is 25.1 Å². The molecule has 0 aliphatic carbocycles. The fraction of sp³-hybridized carbons (Fsp3) is 0.200. The zero-order valence-electron chi connectivity index (χ0n) is 12.4. The lowest BCUT2D eigenvalue weighted by atomic mass is 10.0. The summed E-state index contributed by atoms with van der Waals surface area (Å²) in [5.74, 6) is -1.94. The number of thioether (sulfide) groups is 1. The summed E-state index contributed by atoms with van der Waals surface area (Å²) in [6.07, 6.45) is 1.33. The number of hydrogen-bond acceptors (Lipinski definition) is 6. The molecule has 1 atom stereocenters. The van der Waals surface area contributed by atoms with E-state index in [1.165, 1.54) is 20.1 Å². The highest BCUT2D eigenvalue weighted by atomic mass is 32.2. The van der Waals surface area contributed by atoms with E-state index in [9.17, 15) is 14.4 Å². The van der Waals surface area contributed by atoms with E-state index in [-0.39, 0.29) is 10.7 Å². The fourth-order valence-electron chi connectivity index (χ4n) is 1.92. The SMILES string of the molecule is COc1ccccc1NC(=O)[C@H](/C=C1\SC(=S)NC1=O)C(C)=O. The third-order valence-corrected chi connectivity index (χ3v) is 4.23. The Hall–Kier alpha value is -2.19. The first-order valence-corrected chi connectivity index (χ1v) is 7.84. The van der Waals surface area contributed by atoms with Crippen LogP contribution in [0.15, 0.2) is 35.2 Å². The number of benzene rings is 1. The quantitative estimate of drug-likeness (QED) is 0.479. The predicted molar refractivity (Wildman–Crippen MR) is 92.2 cm³/mol. The first-order valence-electron chi connectivity index (χ1n) is 6.61. The Balaban J connectivity index is 2.23. The van der Waals surface area contributed by atoms with E-state index >= 15 is 0 Å². The molecule has 1 saturated heterocycles. The summed E-state index contributed by atoms with van der Waals surface area (Å²) in [5, 5.41) is 5.08. The highest BCUT2D eigenvalue weighted by molar-refractivity contribution is 8.26. The van der Waals surface area contributed by atoms with Gasteiger partial charge in [-0.1, -0.05) is 36.1 Å². The average Bonchev–Trinajstić information content (AvgIpc) is 2.82. The van der Waals surface area contributed by atoms with Gasteiger partial charge in [-0.25, -0.2) is 0 Å². The minimum absolute atomic E-state index is 0.241. The normalized spacial score (nSPS) is 16.9. The van der Waals surface area contributed by atoms with E-state index in [2.05, 4.69) is 10.6 Å². The molecule has 0 radical (unpaired) electrons. The Bertz CT molecular complexity index is 715. The molecular weight excluding hydrogens is 336 g/mol. The topological polar surface area (TPSA) is 84.5 Å². The third kappa shape index (κ3) is 4.17. The average molecular weight is 350 g/mol. The molecule has 1 heterocycles. The summed E-state index contributed by atoms with van der Waals surface area (Å²) in [6.45, 7) is 1.29. The molecule has 1 aromatic carbocycles. The van der Waals surface area contributed by atoms with Crippen molar-refractivity contribution >= 4 is 51.6 Å². The number of amides is 2. The highest BCUT2D eigenvalue weighted by Gasteiger charge is 2.28. The minimum atomic E-state index is -1.09. The summed E-state index contributed by atoms with van der Waals surface area (Å²) in [5.41, 5.74) is 0.448. The van der Waals surface area contributed by atoms with Crippen molar-refractivity contribution in [1.82, 2.24) is 5.32 Å². The van der Waals surface area contributed by atoms with Crippen LogP contribution in [0.1, 0.15) is 6.92 Å². The molecule has 1 aromatic rings. The molecule has 2 rings (SSSR count). The molecule has 2 amide bonds. The van der Waals surface area contributed by atoms with Crippen molar-refractivity contribution in [3.63, 3.8) is 0 Å². The van der Waals surface area contributed by atoms with E-state index in [1.54, 1.807) is 24.3 Å². The number of ketones is 1. The van der Waals surface area contributed by atoms with Crippen LogP contribution in [0.2, 0.25) is 0 Å². The molecule has 6 nitrogen and oxygen atoms in total. The van der Waals surface area contributed by atoms with E-state index < -0.39 is 17.7 Å². The van der Waals surface area contributed by atoms with E-state index in [0.717, 1.165) is 11.8 Å². The Kier molecular flexibility index (Phi) is 5.51. The molecule has 2 N–H and O–H groups in total. The number of rotatable bonds is 5. The van der Waals surface area contributed by atoms with E-state index in [0.29, 0.717) is 15.8 Å². The molecule has 0 aromatic heterocycles. The van der Waals surface area contributed by atoms with Crippen LogP contribution in [0.3, 0.4) is 0 Å². The molecule has 0 spiro atoms. The van der Waals surface area contributed by atoms with Crippen molar-refractivity contribution in [3.8, 4) is 5.75 Å². The van der Waals surface area contributed by atoms with Crippen molar-refractivity contribution in [2.75, 3.05) is 12.4 Å². The van der Waals surface area contributed by atoms with Crippen LogP contribution < -0.4 is 15.4 Å². The summed E-state index contributed by atoms with van der Waals surface area (Å²) >= 11 is 5.91. The zero-order valence-corrected chi connectivity index (χ0v) is 14.0. The van der Waals surface area contributed by atoms with E-state index in [1.807, 2.05) is 0 Å². The summed E-state index contributed by atoms with van der Waals surface area (Å²) < 4.78 is 5.45. The van der Waals surface area contributed by atoms with Crippen LogP contribution in [-0.4, -0.2) is 29.0 Å². The number of methoxy groups -OCH3 is 1. The number of anilines is 1. The molecule has 120 valence electrons. The maximum atomic E-state index is 12.4. The Labute approximate surface area is 142 Å². The molecule has 8 heteroatoms. The standard InChI is InChI=1S/C15H14N2O4S2/c1-8(18)9(7-12-14(20)17-15(22)23-12)13(19)16-10-5-3-4-6-11(10)21-2/h3-7,9H,1-2H3,(H,16,19)(H,17,20,22)/b12-7-/t9-/m1/s1. The van der Waals surface area contributed by atoms with Gasteiger partial charge in [-0.15, -0.1) is 0 Å². The van der Waals surface area contributed by atoms with Crippen molar-refractivity contribution in [2.45, 2.75) is 6.92 Å². The predicted octanol–water partition coefficient (Wildman–Crippen LogP) is 1.87. The maximum Gasteiger partial charge on any atom is 0.263 e. The Morgan fingerprint density at radius 2 is 2.09 bits per heavy atom. The molecule has 0 saturated carbocycles. The van der Waals surface area contributed by atoms with Crippen molar-refractivity contribution < 1.29 is 19.1 Å². The summed E-state index contributed by atoms with van der Waals surface area (Å²) in [6, 6.07) is 6.85. The second-order valence-corrected chi connectivity index (χ2v) is 6.37. The highest BCUT2D eigenvalue weighted by Crippen LogP contribution is 2.27. The number of carbonyl (C=O) groups excluding carboxylic acids is 3. The number of Topliss-reactive ketones (excluding diaryl/α,β-unsaturated/α-hetero) is 1. The minimum Gasteiger partial charge on any atom is -0.495 e. The van der Waals surface area contributed by atoms with Gasteiger partial charge < -0.3 is 15.4 Å². The van der Waals surface area contributed by atoms with Gasteiger partial charge in [-0.2, -0.15) is 0 Å². The van der Waals surface area contributed by atoms with Crippen LogP contribution in [0.5, 0.6) is 5.75 Å². The molecule has 0 unspecified atom stereocenters. The second kappa shape index (κ2) is 7.38. The first kappa shape index (κ1) is 17.2. The van der Waals surface area contributed by atoms with Crippen LogP contribution in [0.25, 0.3) is 0 Å². The zero-order chi connectivity index (χ0) is 17.0. The fourth-order valence-corrected chi connectivity index (χ4v) is 2.98. The number of ether oxygens (including phenoxy) is 1. The lowest BCUT2D eigenvalue weighted by Gasteiger charge is -2.13. The number of nitrogens with one attached hydrogen (secondary N) is 2. The Morgan fingerprint density at radius 1 is 1.39 bits per heavy atom. The molecule has 1 aliphatic rings. The van der Waals surface area contributed by atoms with Crippen LogP contribution in [-0.2, 0) is 14.4 Å². The molecular formula is C15H14N2O4S2. The summed E-state index contributed by atoms with van der Waals surface area (Å²) in [4.78, 5) is 36.1. The number of para-hydroxylation sites is 2. The Morgan fingerprint density at radius 3 is 2.65 bits per heavy atom. The van der Waals surface area contributed by atoms with Gasteiger partial charge >= 0.3 is 0 Å². The van der Waals surface area contributed by atoms with Crippen molar-refractivity contribution in [2.24, 2.45) is 5.92 Å². The maximum absolute atomic E-state index is 12.4. The van der Waals surface area contributed by atoms with E-state index in [4.69, 9.17) is 17.0 Å². The van der Waals surface area contributed by atoms with Crippen LogP contribution >= 0.6 is 24.0 Å². The van der Waals surface area contributed by atoms with Gasteiger partial charge in [0.15, 0.2) is 0 Å². The lowest BCUT2D eigenvalue weighted by Crippen LogP contribution is -2.27. The number of carbonyl (C=O) groups is 3. The lowest BCUT2D eigenvalue weighted by molar-refractivity contribution is -0.127. The molecule has 1 aliphatic heterocycles. The third-order valence-electron chi connectivity index (χ3n) is 3.05. The largest absolute Gasteiger partial charge is 0.495 e. The van der Waals surface area contributed by atoms with Gasteiger partial charge in [-0.3, -0.25) is 14.4 Å². The monoisotopic (exact) mass is 350 g/mol. The molecule has 1 fully saturated rings. The van der Waals surface area contributed by atoms with Gasteiger partial charge in [0.2, 0.25) is 5.91 Å². The van der Waals surface area contributed by atoms with Gasteiger partial charge in [0, 0.05) is 0 Å². The first-order chi connectivity index (χ1) is 10.9. The van der Waals surface area contributed by atoms with Gasteiger partial charge in [0.1, 0.15) is 21.8 Å². The molecule has 23 heavy (non-hydrogen) atoms. The van der Waals surface area contributed by atoms with Crippen LogP contribution in [0, 0.1) is 5.92 Å².